The van der Waals surface area contributed by atoms with Crippen LogP contribution in [0.25, 0.3) is 28.4 Å². The topological polar surface area (TPSA) is 60.4 Å². The van der Waals surface area contributed by atoms with Gasteiger partial charge in [-0.3, -0.25) is 0 Å². The number of benzene rings is 2. The second kappa shape index (κ2) is 11.8. The summed E-state index contributed by atoms with van der Waals surface area (Å²) in [5.41, 5.74) is 5.23. The molecule has 0 saturated heterocycles. The maximum Gasteiger partial charge on any atom is 0.361 e. The van der Waals surface area contributed by atoms with Crippen LogP contribution in [-0.4, -0.2) is 35.6 Å². The summed E-state index contributed by atoms with van der Waals surface area (Å²) >= 11 is 0. The van der Waals surface area contributed by atoms with Gasteiger partial charge in [0.1, 0.15) is 13.1 Å². The van der Waals surface area contributed by atoms with Crippen LogP contribution in [0.4, 0.5) is 0 Å². The Balaban J connectivity index is 1.45. The van der Waals surface area contributed by atoms with Crippen molar-refractivity contribution in [2.45, 2.75) is 51.7 Å². The minimum atomic E-state index is -1.13. The third-order valence-corrected chi connectivity index (χ3v) is 7.38. The largest absolute Gasteiger partial charge is 0.846 e. The number of nitrogens with zero attached hydrogens (tertiary/aromatic N) is 1. The summed E-state index contributed by atoms with van der Waals surface area (Å²) in [6, 6.07) is 19.5. The fraction of sp³-hybridized carbons (Fsp3) is 0.294. The van der Waals surface area contributed by atoms with Crippen LogP contribution in [0.15, 0.2) is 106 Å². The molecular weight excluding hydrogens is 470 g/mol. The first-order chi connectivity index (χ1) is 18.6. The number of rotatable bonds is 8. The number of unbranched alkanes of at least 4 members (excludes halogenated alkanes) is 2. The summed E-state index contributed by atoms with van der Waals surface area (Å²) in [6.07, 6.45) is 12.2. The van der Waals surface area contributed by atoms with Crippen molar-refractivity contribution in [3.8, 4) is 11.3 Å². The molecule has 194 valence electrons. The first-order valence-electron chi connectivity index (χ1n) is 13.8. The molecule has 4 nitrogen and oxygen atoms in total. The highest BCUT2D eigenvalue weighted by Crippen LogP contribution is 2.37. The maximum absolute atomic E-state index is 13.3. The number of hydrogen-bond donors (Lipinski definition) is 0. The van der Waals surface area contributed by atoms with Crippen molar-refractivity contribution in [3.05, 3.63) is 107 Å². The highest BCUT2D eigenvalue weighted by atomic mass is 16.3. The predicted molar refractivity (Wildman–Crippen MR) is 152 cm³/mol. The lowest BCUT2D eigenvalue weighted by atomic mass is 9.75. The molecule has 4 heteroatoms. The highest BCUT2D eigenvalue weighted by molar-refractivity contribution is 6.02. The highest BCUT2D eigenvalue weighted by Gasteiger charge is 2.28. The lowest BCUT2D eigenvalue weighted by molar-refractivity contribution is -0.527. The first-order valence-corrected chi connectivity index (χ1v) is 13.8. The second-order valence-electron chi connectivity index (χ2n) is 10.0. The summed E-state index contributed by atoms with van der Waals surface area (Å²) in [5.74, 6) is 0.705. The van der Waals surface area contributed by atoms with Crippen molar-refractivity contribution in [2.75, 3.05) is 13.1 Å². The van der Waals surface area contributed by atoms with E-state index < -0.39 is 12.2 Å². The smallest absolute Gasteiger partial charge is 0.361 e. The number of para-hydroxylation sites is 1. The van der Waals surface area contributed by atoms with Gasteiger partial charge in [0.15, 0.2) is 5.71 Å². The number of hydrogen-bond acceptors (Lipinski definition) is 2. The van der Waals surface area contributed by atoms with Gasteiger partial charge in [0.05, 0.1) is 17.0 Å². The molecular formula is C34H35NO3. The van der Waals surface area contributed by atoms with E-state index in [9.17, 15) is 10.2 Å². The van der Waals surface area contributed by atoms with E-state index in [2.05, 4.69) is 30.6 Å². The summed E-state index contributed by atoms with van der Waals surface area (Å²) in [4.78, 5) is 0. The lowest BCUT2D eigenvalue weighted by Gasteiger charge is -2.53. The van der Waals surface area contributed by atoms with Crippen LogP contribution in [0.3, 0.4) is 0 Å². The van der Waals surface area contributed by atoms with Gasteiger partial charge in [-0.15, -0.1) is 0 Å². The summed E-state index contributed by atoms with van der Waals surface area (Å²) < 4.78 is 8.56. The van der Waals surface area contributed by atoms with E-state index in [4.69, 9.17) is 4.42 Å². The molecule has 1 saturated carbocycles. The van der Waals surface area contributed by atoms with Crippen molar-refractivity contribution in [1.29, 1.82) is 0 Å². The Morgan fingerprint density at radius 2 is 1.45 bits per heavy atom. The molecule has 0 aliphatic heterocycles. The van der Waals surface area contributed by atoms with Crippen LogP contribution < -0.4 is 10.2 Å². The van der Waals surface area contributed by atoms with E-state index in [1.54, 1.807) is 6.08 Å². The fourth-order valence-corrected chi connectivity index (χ4v) is 5.13. The van der Waals surface area contributed by atoms with Crippen LogP contribution in [-0.2, 0) is 0 Å². The van der Waals surface area contributed by atoms with Crippen molar-refractivity contribution >= 4 is 22.8 Å². The molecule has 0 amide bonds. The molecule has 1 heterocycles. The van der Waals surface area contributed by atoms with Crippen LogP contribution >= 0.6 is 0 Å². The quantitative estimate of drug-likeness (QED) is 0.291. The van der Waals surface area contributed by atoms with Gasteiger partial charge < -0.3 is 10.2 Å². The molecule has 2 aromatic carbocycles. The summed E-state index contributed by atoms with van der Waals surface area (Å²) in [5, 5.41) is 27.5. The van der Waals surface area contributed by atoms with Crippen LogP contribution in [0.1, 0.15) is 45.1 Å². The zero-order chi connectivity index (χ0) is 26.5. The minimum absolute atomic E-state index is 0.381. The zero-order valence-electron chi connectivity index (χ0n) is 22.2. The third kappa shape index (κ3) is 5.33. The normalized spacial score (nSPS) is 18.7. The van der Waals surface area contributed by atoms with Gasteiger partial charge in [0.25, 0.3) is 0 Å². The predicted octanol–water partition coefficient (Wildman–Crippen LogP) is 5.71. The van der Waals surface area contributed by atoms with Crippen molar-refractivity contribution < 1.29 is 19.2 Å². The van der Waals surface area contributed by atoms with E-state index in [0.29, 0.717) is 16.9 Å². The van der Waals surface area contributed by atoms with Crippen molar-refractivity contribution in [2.24, 2.45) is 0 Å². The lowest BCUT2D eigenvalue weighted by Crippen LogP contribution is -2.55. The molecule has 0 spiro atoms. The van der Waals surface area contributed by atoms with Gasteiger partial charge in [-0.25, -0.2) is 8.99 Å². The van der Waals surface area contributed by atoms with Gasteiger partial charge in [0.2, 0.25) is 0 Å². The summed E-state index contributed by atoms with van der Waals surface area (Å²) in [7, 11) is 0. The van der Waals surface area contributed by atoms with Crippen molar-refractivity contribution in [1.82, 2.24) is 0 Å². The molecule has 2 unspecified atom stereocenters. The summed E-state index contributed by atoms with van der Waals surface area (Å²) in [6.45, 7) is 6.46. The average molecular weight is 506 g/mol. The van der Waals surface area contributed by atoms with Crippen LogP contribution in [0.2, 0.25) is 0 Å². The monoisotopic (exact) mass is 505 g/mol. The maximum atomic E-state index is 13.3. The molecule has 1 fully saturated rings. The SMILES string of the molecule is CCCC[N+](CCCC)=C1C=CC(=C2C([O-])C(=Cc3cc(-c4ccccc4)[o+]c4ccccc34)C2[O-])C=C1. The molecule has 2 atom stereocenters. The Kier molecular flexibility index (Phi) is 8.11. The van der Waals surface area contributed by atoms with Crippen LogP contribution in [0, 0.1) is 0 Å². The molecule has 38 heavy (non-hydrogen) atoms. The fourth-order valence-electron chi connectivity index (χ4n) is 5.13. The van der Waals surface area contributed by atoms with E-state index in [0.717, 1.165) is 72.2 Å². The number of allylic oxidation sites excluding steroid dienone is 5. The Hall–Kier alpha value is -3.60. The Labute approximate surface area is 225 Å². The third-order valence-electron chi connectivity index (χ3n) is 7.38. The molecule has 5 rings (SSSR count). The Morgan fingerprint density at radius 1 is 0.816 bits per heavy atom. The van der Waals surface area contributed by atoms with E-state index in [1.165, 1.54) is 0 Å². The van der Waals surface area contributed by atoms with E-state index in [1.807, 2.05) is 72.8 Å². The van der Waals surface area contributed by atoms with Gasteiger partial charge in [0, 0.05) is 36.6 Å². The Morgan fingerprint density at radius 3 is 2.11 bits per heavy atom. The van der Waals surface area contributed by atoms with Crippen molar-refractivity contribution in [3.63, 3.8) is 0 Å². The van der Waals surface area contributed by atoms with Gasteiger partial charge in [-0.1, -0.05) is 86.5 Å². The molecule has 0 bridgehead atoms. The van der Waals surface area contributed by atoms with E-state index >= 15 is 0 Å². The average Bonchev–Trinajstić information content (AvgIpc) is 2.97. The minimum Gasteiger partial charge on any atom is -0.846 e. The first kappa shape index (κ1) is 26.0. The molecule has 0 N–H and O–H groups in total. The molecule has 2 aliphatic rings. The van der Waals surface area contributed by atoms with Gasteiger partial charge in [-0.05, 0) is 35.9 Å². The molecule has 2 aliphatic carbocycles. The van der Waals surface area contributed by atoms with E-state index in [-0.39, 0.29) is 0 Å². The second-order valence-corrected chi connectivity index (χ2v) is 10.0. The standard InChI is InChI=1S/C34H35NO3/c1-3-5-20-35(21-6-4-2)27-18-16-25(17-19-27)32-33(36)29(34(32)37)22-26-23-31(24-12-8-7-9-13-24)38-30-15-11-10-14-28(26)30/h7-19,22-23,33-34H,3-6,20-21H2,1-2H3. The van der Waals surface area contributed by atoms with Gasteiger partial charge >= 0.3 is 11.3 Å². The molecule has 0 radical (unpaired) electrons. The van der Waals surface area contributed by atoms with Gasteiger partial charge in [-0.2, -0.15) is 0 Å². The number of fused-ring (bicyclic) bond motifs is 1. The van der Waals surface area contributed by atoms with Crippen LogP contribution in [0.5, 0.6) is 0 Å². The molecule has 3 aromatic rings. The molecule has 1 aromatic heterocycles. The zero-order valence-corrected chi connectivity index (χ0v) is 22.2. The Bertz CT molecular complexity index is 1420.